The van der Waals surface area contributed by atoms with E-state index >= 15 is 0 Å². The minimum Gasteiger partial charge on any atom is -0.277 e. The van der Waals surface area contributed by atoms with Gasteiger partial charge in [0.25, 0.3) is 5.56 Å². The van der Waals surface area contributed by atoms with E-state index in [1.807, 2.05) is 6.07 Å². The van der Waals surface area contributed by atoms with Crippen LogP contribution in [-0.2, 0) is 12.1 Å². The van der Waals surface area contributed by atoms with Crippen molar-refractivity contribution >= 4 is 0 Å². The molecule has 1 aromatic carbocycles. The van der Waals surface area contributed by atoms with Crippen molar-refractivity contribution in [2.24, 2.45) is 0 Å². The molecule has 4 heteroatoms. The van der Waals surface area contributed by atoms with E-state index in [2.05, 4.69) is 62.0 Å². The van der Waals surface area contributed by atoms with Crippen LogP contribution < -0.4 is 5.56 Å². The van der Waals surface area contributed by atoms with Gasteiger partial charge in [-0.2, -0.15) is 5.10 Å². The lowest BCUT2D eigenvalue weighted by Crippen LogP contribution is -2.35. The summed E-state index contributed by atoms with van der Waals surface area (Å²) in [6, 6.07) is 12.4. The first-order chi connectivity index (χ1) is 11.4. The summed E-state index contributed by atoms with van der Waals surface area (Å²) in [6.45, 7) is 10.1. The molecule has 0 radical (unpaired) electrons. The van der Waals surface area contributed by atoms with Gasteiger partial charge in [0.2, 0.25) is 0 Å². The predicted octanol–water partition coefficient (Wildman–Crippen LogP) is 3.64. The fraction of sp³-hybridized carbons (Fsp3) is 0.500. The zero-order valence-corrected chi connectivity index (χ0v) is 15.1. The molecule has 0 saturated carbocycles. The number of aryl methyl sites for hydroxylation is 1. The molecule has 1 unspecified atom stereocenters. The van der Waals surface area contributed by atoms with Gasteiger partial charge in [0, 0.05) is 24.1 Å². The number of likely N-dealkylation sites (tertiary alicyclic amines) is 1. The fourth-order valence-corrected chi connectivity index (χ4v) is 3.43. The van der Waals surface area contributed by atoms with Crippen LogP contribution in [0.2, 0.25) is 0 Å². The first kappa shape index (κ1) is 16.9. The van der Waals surface area contributed by atoms with Gasteiger partial charge in [0.05, 0.1) is 12.4 Å². The third-order valence-corrected chi connectivity index (χ3v) is 4.86. The van der Waals surface area contributed by atoms with E-state index in [1.165, 1.54) is 11.1 Å². The maximum atomic E-state index is 12.3. The lowest BCUT2D eigenvalue weighted by molar-refractivity contribution is 0.185. The number of benzene rings is 1. The molecular weight excluding hydrogens is 298 g/mol. The van der Waals surface area contributed by atoms with Crippen molar-refractivity contribution in [3.8, 4) is 0 Å². The first-order valence-corrected chi connectivity index (χ1v) is 8.74. The van der Waals surface area contributed by atoms with Crippen molar-refractivity contribution < 1.29 is 0 Å². The summed E-state index contributed by atoms with van der Waals surface area (Å²) in [7, 11) is 0. The van der Waals surface area contributed by atoms with E-state index in [4.69, 9.17) is 0 Å². The van der Waals surface area contributed by atoms with Gasteiger partial charge in [0.1, 0.15) is 0 Å². The van der Waals surface area contributed by atoms with Gasteiger partial charge < -0.3 is 0 Å². The highest BCUT2D eigenvalue weighted by atomic mass is 16.1. The second-order valence-electron chi connectivity index (χ2n) is 7.77. The standard InChI is InChI=1S/C20H27N3O/c1-15-8-5-6-9-16(15)17-10-7-13-22(17)14-23-19(24)12-11-18(21-23)20(2,3)4/h5-6,8-9,11-12,17H,7,10,13-14H2,1-4H3. The second-order valence-corrected chi connectivity index (χ2v) is 7.77. The summed E-state index contributed by atoms with van der Waals surface area (Å²) >= 11 is 0. The minimum absolute atomic E-state index is 0.0292. The average molecular weight is 325 g/mol. The molecular formula is C20H27N3O. The molecule has 2 heterocycles. The maximum absolute atomic E-state index is 12.3. The first-order valence-electron chi connectivity index (χ1n) is 8.74. The van der Waals surface area contributed by atoms with Gasteiger partial charge in [-0.05, 0) is 37.0 Å². The maximum Gasteiger partial charge on any atom is 0.267 e. The Morgan fingerprint density at radius 2 is 1.92 bits per heavy atom. The Bertz CT molecular complexity index is 773. The topological polar surface area (TPSA) is 38.1 Å². The monoisotopic (exact) mass is 325 g/mol. The van der Waals surface area contributed by atoms with Gasteiger partial charge >= 0.3 is 0 Å². The molecule has 1 fully saturated rings. The summed E-state index contributed by atoms with van der Waals surface area (Å²) in [5.74, 6) is 0. The van der Waals surface area contributed by atoms with Gasteiger partial charge in [-0.1, -0.05) is 45.0 Å². The van der Waals surface area contributed by atoms with Gasteiger partial charge in [0.15, 0.2) is 0 Å². The van der Waals surface area contributed by atoms with Crippen LogP contribution in [0.25, 0.3) is 0 Å². The van der Waals surface area contributed by atoms with Gasteiger partial charge in [-0.25, -0.2) is 4.68 Å². The molecule has 128 valence electrons. The zero-order valence-electron chi connectivity index (χ0n) is 15.1. The fourth-order valence-electron chi connectivity index (χ4n) is 3.43. The van der Waals surface area contributed by atoms with Gasteiger partial charge in [-0.15, -0.1) is 0 Å². The molecule has 1 aromatic heterocycles. The van der Waals surface area contributed by atoms with E-state index in [0.29, 0.717) is 12.7 Å². The number of hydrogen-bond donors (Lipinski definition) is 0. The Labute approximate surface area is 144 Å². The normalized spacial score (nSPS) is 18.9. The van der Waals surface area contributed by atoms with E-state index < -0.39 is 0 Å². The van der Waals surface area contributed by atoms with E-state index in [9.17, 15) is 4.79 Å². The molecule has 24 heavy (non-hydrogen) atoms. The van der Waals surface area contributed by atoms with Crippen molar-refractivity contribution in [1.29, 1.82) is 0 Å². The van der Waals surface area contributed by atoms with Crippen molar-refractivity contribution in [3.05, 3.63) is 63.6 Å². The molecule has 0 aliphatic carbocycles. The molecule has 3 rings (SSSR count). The highest BCUT2D eigenvalue weighted by molar-refractivity contribution is 5.29. The molecule has 0 N–H and O–H groups in total. The predicted molar refractivity (Wildman–Crippen MR) is 97.1 cm³/mol. The molecule has 1 atom stereocenters. The molecule has 1 aliphatic heterocycles. The third-order valence-electron chi connectivity index (χ3n) is 4.86. The van der Waals surface area contributed by atoms with Crippen molar-refractivity contribution in [2.75, 3.05) is 6.54 Å². The third kappa shape index (κ3) is 3.44. The Kier molecular flexibility index (Phi) is 4.59. The van der Waals surface area contributed by atoms with Crippen molar-refractivity contribution in [2.45, 2.75) is 58.7 Å². The molecule has 0 amide bonds. The Morgan fingerprint density at radius 1 is 1.17 bits per heavy atom. The quantitative estimate of drug-likeness (QED) is 0.864. The molecule has 2 aromatic rings. The van der Waals surface area contributed by atoms with Crippen LogP contribution >= 0.6 is 0 Å². The number of aromatic nitrogens is 2. The zero-order chi connectivity index (χ0) is 17.3. The molecule has 1 saturated heterocycles. The number of hydrogen-bond acceptors (Lipinski definition) is 3. The van der Waals surface area contributed by atoms with Crippen LogP contribution in [0.4, 0.5) is 0 Å². The number of rotatable bonds is 3. The van der Waals surface area contributed by atoms with Crippen LogP contribution in [0.3, 0.4) is 0 Å². The highest BCUT2D eigenvalue weighted by Crippen LogP contribution is 2.33. The second kappa shape index (κ2) is 6.52. The molecule has 0 bridgehead atoms. The summed E-state index contributed by atoms with van der Waals surface area (Å²) in [5.41, 5.74) is 3.55. The van der Waals surface area contributed by atoms with Crippen molar-refractivity contribution in [1.82, 2.24) is 14.7 Å². The van der Waals surface area contributed by atoms with Crippen LogP contribution in [0.5, 0.6) is 0 Å². The lowest BCUT2D eigenvalue weighted by Gasteiger charge is -2.27. The summed E-state index contributed by atoms with van der Waals surface area (Å²) in [5, 5.41) is 4.62. The molecule has 0 spiro atoms. The van der Waals surface area contributed by atoms with Crippen molar-refractivity contribution in [3.63, 3.8) is 0 Å². The summed E-state index contributed by atoms with van der Waals surface area (Å²) in [4.78, 5) is 14.6. The van der Waals surface area contributed by atoms with Crippen LogP contribution in [0.15, 0.2) is 41.2 Å². The minimum atomic E-state index is -0.0596. The lowest BCUT2D eigenvalue weighted by atomic mass is 9.92. The SMILES string of the molecule is Cc1ccccc1C1CCCN1Cn1nc(C(C)(C)C)ccc1=O. The molecule has 4 nitrogen and oxygen atoms in total. The summed E-state index contributed by atoms with van der Waals surface area (Å²) in [6.07, 6.45) is 2.30. The van der Waals surface area contributed by atoms with Crippen LogP contribution in [-0.4, -0.2) is 21.2 Å². The van der Waals surface area contributed by atoms with Crippen LogP contribution in [0, 0.1) is 6.92 Å². The summed E-state index contributed by atoms with van der Waals surface area (Å²) < 4.78 is 1.62. The average Bonchev–Trinajstić information content (AvgIpc) is 2.97. The van der Waals surface area contributed by atoms with Crippen LogP contribution in [0.1, 0.15) is 56.5 Å². The van der Waals surface area contributed by atoms with E-state index in [-0.39, 0.29) is 11.0 Å². The molecule has 1 aliphatic rings. The Hall–Kier alpha value is -1.94. The largest absolute Gasteiger partial charge is 0.277 e. The van der Waals surface area contributed by atoms with Gasteiger partial charge in [-0.3, -0.25) is 9.69 Å². The van der Waals surface area contributed by atoms with E-state index in [1.54, 1.807) is 10.7 Å². The number of nitrogens with zero attached hydrogens (tertiary/aromatic N) is 3. The Morgan fingerprint density at radius 3 is 2.62 bits per heavy atom. The van der Waals surface area contributed by atoms with E-state index in [0.717, 1.165) is 25.1 Å². The Balaban J connectivity index is 1.88. The smallest absolute Gasteiger partial charge is 0.267 e. The highest BCUT2D eigenvalue weighted by Gasteiger charge is 2.28.